The van der Waals surface area contributed by atoms with Gasteiger partial charge in [0.25, 0.3) is 0 Å². The first kappa shape index (κ1) is 17.8. The molecule has 0 aromatic heterocycles. The van der Waals surface area contributed by atoms with Gasteiger partial charge in [-0.15, -0.1) is 0 Å². The predicted molar refractivity (Wildman–Crippen MR) is 89.2 cm³/mol. The number of benzene rings is 1. The Morgan fingerprint density at radius 1 is 1.26 bits per heavy atom. The highest BCUT2D eigenvalue weighted by Gasteiger charge is 2.51. The van der Waals surface area contributed by atoms with Crippen molar-refractivity contribution in [3.63, 3.8) is 0 Å². The molecule has 0 radical (unpaired) electrons. The smallest absolute Gasteiger partial charge is 0.494 e. The summed E-state index contributed by atoms with van der Waals surface area (Å²) >= 11 is 0. The van der Waals surface area contributed by atoms with E-state index in [-0.39, 0.29) is 0 Å². The number of hydrogen-bond donors (Lipinski definition) is 1. The molecule has 1 aromatic rings. The van der Waals surface area contributed by atoms with Gasteiger partial charge in [-0.1, -0.05) is 19.1 Å². The second kappa shape index (κ2) is 6.17. The SMILES string of the molecule is COc1ccc(B2OC(C)(C)C(C)(C)O2)cc1CC(C)C(=O)O. The van der Waals surface area contributed by atoms with E-state index in [0.717, 1.165) is 11.0 Å². The van der Waals surface area contributed by atoms with Gasteiger partial charge in [-0.2, -0.15) is 0 Å². The summed E-state index contributed by atoms with van der Waals surface area (Å²) < 4.78 is 17.5. The van der Waals surface area contributed by atoms with Crippen LogP contribution < -0.4 is 10.2 Å². The molecule has 1 aliphatic heterocycles. The highest BCUT2D eigenvalue weighted by molar-refractivity contribution is 6.62. The van der Waals surface area contributed by atoms with Gasteiger partial charge in [0.1, 0.15) is 5.75 Å². The van der Waals surface area contributed by atoms with Crippen molar-refractivity contribution in [1.29, 1.82) is 0 Å². The van der Waals surface area contributed by atoms with E-state index >= 15 is 0 Å². The number of methoxy groups -OCH3 is 1. The number of aliphatic carboxylic acids is 1. The van der Waals surface area contributed by atoms with Crippen LogP contribution in [0.3, 0.4) is 0 Å². The first-order chi connectivity index (χ1) is 10.6. The first-order valence-corrected chi connectivity index (χ1v) is 7.82. The van der Waals surface area contributed by atoms with Gasteiger partial charge in [0.15, 0.2) is 0 Å². The molecule has 0 amide bonds. The lowest BCUT2D eigenvalue weighted by Gasteiger charge is -2.32. The van der Waals surface area contributed by atoms with Crippen LogP contribution in [0.5, 0.6) is 5.75 Å². The van der Waals surface area contributed by atoms with E-state index in [9.17, 15) is 4.79 Å². The lowest BCUT2D eigenvalue weighted by Crippen LogP contribution is -2.41. The predicted octanol–water partition coefficient (Wildman–Crippen LogP) is 2.26. The number of carboxylic acid groups (broad SMARTS) is 1. The van der Waals surface area contributed by atoms with Crippen molar-refractivity contribution >= 4 is 18.6 Å². The van der Waals surface area contributed by atoms with Gasteiger partial charge in [0.05, 0.1) is 24.2 Å². The molecule has 1 N–H and O–H groups in total. The third-order valence-corrected chi connectivity index (χ3v) is 4.78. The van der Waals surface area contributed by atoms with Crippen molar-refractivity contribution in [2.45, 2.75) is 52.2 Å². The van der Waals surface area contributed by atoms with Crippen LogP contribution in [-0.2, 0) is 20.5 Å². The molecule has 0 spiro atoms. The van der Waals surface area contributed by atoms with E-state index in [0.29, 0.717) is 12.2 Å². The van der Waals surface area contributed by atoms with E-state index in [2.05, 4.69) is 0 Å². The Kier molecular flexibility index (Phi) is 4.78. The Morgan fingerprint density at radius 2 is 1.83 bits per heavy atom. The van der Waals surface area contributed by atoms with Crippen LogP contribution in [0.25, 0.3) is 0 Å². The lowest BCUT2D eigenvalue weighted by molar-refractivity contribution is -0.141. The molecule has 1 aromatic carbocycles. The third kappa shape index (κ3) is 3.53. The molecule has 23 heavy (non-hydrogen) atoms. The van der Waals surface area contributed by atoms with Crippen LogP contribution in [0.1, 0.15) is 40.2 Å². The molecule has 0 saturated carbocycles. The van der Waals surface area contributed by atoms with Gasteiger partial charge in [-0.25, -0.2) is 0 Å². The molecule has 1 fully saturated rings. The minimum Gasteiger partial charge on any atom is -0.496 e. The standard InChI is InChI=1S/C17H25BO5/c1-11(15(19)20)9-12-10-13(7-8-14(12)21-6)18-22-16(2,3)17(4,5)23-18/h7-8,10-11H,9H2,1-6H3,(H,19,20). The summed E-state index contributed by atoms with van der Waals surface area (Å²) in [6.45, 7) is 9.70. The highest BCUT2D eigenvalue weighted by Crippen LogP contribution is 2.36. The third-order valence-electron chi connectivity index (χ3n) is 4.78. The summed E-state index contributed by atoms with van der Waals surface area (Å²) in [4.78, 5) is 11.1. The molecular weight excluding hydrogens is 295 g/mol. The minimum absolute atomic E-state index is 0.395. The zero-order valence-electron chi connectivity index (χ0n) is 14.7. The van der Waals surface area contributed by atoms with Crippen molar-refractivity contribution in [2.24, 2.45) is 5.92 Å². The van der Waals surface area contributed by atoms with E-state index in [1.165, 1.54) is 0 Å². The Labute approximate surface area is 138 Å². The van der Waals surface area contributed by atoms with Crippen LogP contribution in [-0.4, -0.2) is 36.5 Å². The number of carboxylic acids is 1. The average molecular weight is 320 g/mol. The summed E-state index contributed by atoms with van der Waals surface area (Å²) in [6.07, 6.45) is 0.395. The fraction of sp³-hybridized carbons (Fsp3) is 0.588. The second-order valence-electron chi connectivity index (χ2n) is 7.10. The Hall–Kier alpha value is -1.53. The Balaban J connectivity index is 2.30. The lowest BCUT2D eigenvalue weighted by atomic mass is 9.77. The van der Waals surface area contributed by atoms with Gasteiger partial charge < -0.3 is 19.2 Å². The zero-order valence-corrected chi connectivity index (χ0v) is 14.7. The second-order valence-corrected chi connectivity index (χ2v) is 7.10. The topological polar surface area (TPSA) is 65.0 Å². The maximum absolute atomic E-state index is 11.1. The fourth-order valence-corrected chi connectivity index (χ4v) is 2.50. The normalized spacial score (nSPS) is 20.3. The first-order valence-electron chi connectivity index (χ1n) is 7.82. The number of carbonyl (C=O) groups is 1. The number of hydrogen-bond acceptors (Lipinski definition) is 4. The van der Waals surface area contributed by atoms with Crippen LogP contribution in [0.4, 0.5) is 0 Å². The summed E-state index contributed by atoms with van der Waals surface area (Å²) in [6, 6.07) is 5.65. The zero-order chi connectivity index (χ0) is 17.4. The summed E-state index contributed by atoms with van der Waals surface area (Å²) in [7, 11) is 1.11. The molecule has 1 heterocycles. The highest BCUT2D eigenvalue weighted by atomic mass is 16.7. The van der Waals surface area contributed by atoms with Crippen molar-refractivity contribution in [3.05, 3.63) is 23.8 Å². The van der Waals surface area contributed by atoms with Crippen LogP contribution in [0, 0.1) is 5.92 Å². The van der Waals surface area contributed by atoms with E-state index in [1.807, 2.05) is 45.9 Å². The summed E-state index contributed by atoms with van der Waals surface area (Å²) in [5.74, 6) is -0.635. The molecule has 2 rings (SSSR count). The van der Waals surface area contributed by atoms with Crippen molar-refractivity contribution in [1.82, 2.24) is 0 Å². The van der Waals surface area contributed by atoms with Gasteiger partial charge in [0, 0.05) is 0 Å². The van der Waals surface area contributed by atoms with E-state index in [1.54, 1.807) is 14.0 Å². The van der Waals surface area contributed by atoms with Gasteiger partial charge >= 0.3 is 13.1 Å². The molecule has 126 valence electrons. The molecule has 1 unspecified atom stereocenters. The van der Waals surface area contributed by atoms with Crippen molar-refractivity contribution in [2.75, 3.05) is 7.11 Å². The molecular formula is C17H25BO5. The van der Waals surface area contributed by atoms with Crippen LogP contribution >= 0.6 is 0 Å². The van der Waals surface area contributed by atoms with Crippen molar-refractivity contribution in [3.8, 4) is 5.75 Å². The molecule has 1 aliphatic rings. The monoisotopic (exact) mass is 320 g/mol. The Morgan fingerprint density at radius 3 is 2.30 bits per heavy atom. The minimum atomic E-state index is -0.826. The quantitative estimate of drug-likeness (QED) is 0.843. The number of rotatable bonds is 5. The average Bonchev–Trinajstić information content (AvgIpc) is 2.67. The fourth-order valence-electron chi connectivity index (χ4n) is 2.50. The van der Waals surface area contributed by atoms with E-state index in [4.69, 9.17) is 19.2 Å². The maximum Gasteiger partial charge on any atom is 0.494 e. The molecule has 1 atom stereocenters. The van der Waals surface area contributed by atoms with E-state index < -0.39 is 30.2 Å². The molecule has 6 heteroatoms. The molecule has 5 nitrogen and oxygen atoms in total. The summed E-state index contributed by atoms with van der Waals surface area (Å²) in [5.41, 5.74) is 0.893. The Bertz CT molecular complexity index is 581. The summed E-state index contributed by atoms with van der Waals surface area (Å²) in [5, 5.41) is 9.13. The van der Waals surface area contributed by atoms with Gasteiger partial charge in [-0.3, -0.25) is 4.79 Å². The van der Waals surface area contributed by atoms with Gasteiger partial charge in [0.2, 0.25) is 0 Å². The molecule has 1 saturated heterocycles. The van der Waals surface area contributed by atoms with Crippen molar-refractivity contribution < 1.29 is 23.9 Å². The molecule has 0 aliphatic carbocycles. The van der Waals surface area contributed by atoms with Crippen LogP contribution in [0.2, 0.25) is 0 Å². The maximum atomic E-state index is 11.1. The number of ether oxygens (including phenoxy) is 1. The largest absolute Gasteiger partial charge is 0.496 e. The molecule has 0 bridgehead atoms. The van der Waals surface area contributed by atoms with Gasteiger partial charge in [-0.05, 0) is 51.2 Å². The van der Waals surface area contributed by atoms with Crippen LogP contribution in [0.15, 0.2) is 18.2 Å².